The van der Waals surface area contributed by atoms with Crippen LogP contribution >= 0.6 is 10.7 Å². The molecule has 1 aliphatic rings. The number of hydrogen-bond acceptors (Lipinski definition) is 3. The zero-order chi connectivity index (χ0) is 14.8. The predicted molar refractivity (Wildman–Crippen MR) is 77.6 cm³/mol. The summed E-state index contributed by atoms with van der Waals surface area (Å²) in [5.41, 5.74) is 0.380. The second-order valence-corrected chi connectivity index (χ2v) is 7.67. The Kier molecular flexibility index (Phi) is 4.75. The van der Waals surface area contributed by atoms with E-state index in [0.717, 1.165) is 32.1 Å². The fraction of sp³-hybridized carbons (Fsp3) is 0.615. The van der Waals surface area contributed by atoms with E-state index in [4.69, 9.17) is 10.7 Å². The molecular weight excluding hydrogens is 300 g/mol. The summed E-state index contributed by atoms with van der Waals surface area (Å²) in [5, 5.41) is 2.81. The summed E-state index contributed by atoms with van der Waals surface area (Å²) in [6.07, 6.45) is 6.39. The second-order valence-electron chi connectivity index (χ2n) is 5.10. The lowest BCUT2D eigenvalue weighted by molar-refractivity contribution is 0.0938. The Morgan fingerprint density at radius 1 is 1.50 bits per heavy atom. The number of nitrogens with zero attached hydrogens (tertiary/aromatic N) is 1. The Morgan fingerprint density at radius 3 is 2.70 bits per heavy atom. The molecule has 20 heavy (non-hydrogen) atoms. The lowest BCUT2D eigenvalue weighted by atomic mass is 9.93. The largest absolute Gasteiger partial charge is 0.351 e. The highest BCUT2D eigenvalue weighted by molar-refractivity contribution is 8.13. The number of aromatic nitrogens is 1. The summed E-state index contributed by atoms with van der Waals surface area (Å²) < 4.78 is 24.6. The van der Waals surface area contributed by atoms with Crippen LogP contribution in [0.1, 0.15) is 55.6 Å². The number of carbonyl (C=O) groups excluding carboxylic acids is 1. The number of unbranched alkanes of at least 4 members (excludes halogenated alkanes) is 1. The van der Waals surface area contributed by atoms with Gasteiger partial charge in [0.2, 0.25) is 0 Å². The topological polar surface area (TPSA) is 68.2 Å². The second kappa shape index (κ2) is 6.18. The lowest BCUT2D eigenvalue weighted by Gasteiger charge is -2.28. The Bertz CT molecular complexity index is 591. The van der Waals surface area contributed by atoms with E-state index < -0.39 is 9.05 Å². The predicted octanol–water partition coefficient (Wildman–Crippen LogP) is 2.67. The summed E-state index contributed by atoms with van der Waals surface area (Å²) in [5.74, 6) is -0.239. The molecule has 0 aromatic carbocycles. The van der Waals surface area contributed by atoms with E-state index >= 15 is 0 Å². The molecule has 112 valence electrons. The molecule has 0 bridgehead atoms. The summed E-state index contributed by atoms with van der Waals surface area (Å²) in [6, 6.07) is 1.57. The van der Waals surface area contributed by atoms with E-state index in [2.05, 4.69) is 5.32 Å². The molecule has 1 heterocycles. The first-order chi connectivity index (χ1) is 9.43. The van der Waals surface area contributed by atoms with E-state index in [1.54, 1.807) is 4.57 Å². The first-order valence-electron chi connectivity index (χ1n) is 6.88. The van der Waals surface area contributed by atoms with Crippen LogP contribution in [0.2, 0.25) is 0 Å². The number of carbonyl (C=O) groups is 1. The van der Waals surface area contributed by atoms with Crippen LogP contribution in [-0.2, 0) is 9.05 Å². The van der Waals surface area contributed by atoms with Crippen LogP contribution in [0.3, 0.4) is 0 Å². The van der Waals surface area contributed by atoms with Gasteiger partial charge in [0, 0.05) is 29.5 Å². The van der Waals surface area contributed by atoms with Crippen molar-refractivity contribution in [2.45, 2.75) is 50.0 Å². The van der Waals surface area contributed by atoms with Gasteiger partial charge in [-0.2, -0.15) is 0 Å². The number of hydrogen-bond donors (Lipinski definition) is 1. The highest BCUT2D eigenvalue weighted by Gasteiger charge is 2.27. The van der Waals surface area contributed by atoms with E-state index in [0.29, 0.717) is 12.2 Å². The third kappa shape index (κ3) is 3.35. The molecule has 1 aromatic heterocycles. The van der Waals surface area contributed by atoms with Crippen molar-refractivity contribution in [3.05, 3.63) is 18.0 Å². The van der Waals surface area contributed by atoms with Gasteiger partial charge in [-0.1, -0.05) is 13.3 Å². The van der Waals surface area contributed by atoms with Gasteiger partial charge < -0.3 is 9.88 Å². The molecule has 1 aromatic rings. The Balaban J connectivity index is 2.25. The minimum Gasteiger partial charge on any atom is -0.351 e. The van der Waals surface area contributed by atoms with Gasteiger partial charge in [-0.05, 0) is 31.7 Å². The van der Waals surface area contributed by atoms with Crippen LogP contribution < -0.4 is 5.32 Å². The van der Waals surface area contributed by atoms with Crippen molar-refractivity contribution in [1.29, 1.82) is 0 Å². The average Bonchev–Trinajstić information content (AvgIpc) is 2.71. The monoisotopic (exact) mass is 318 g/mol. The molecule has 0 unspecified atom stereocenters. The minimum atomic E-state index is -3.81. The van der Waals surface area contributed by atoms with Gasteiger partial charge in [0.05, 0.1) is 0 Å². The standard InChI is InChI=1S/C13H19ClN2O3S/c1-2-3-7-15-13(17)12-8-11(20(14,18)19)9-16(12)10-5-4-6-10/h8-10H,2-7H2,1H3,(H,15,17). The fourth-order valence-electron chi connectivity index (χ4n) is 2.21. The van der Waals surface area contributed by atoms with Crippen LogP contribution in [0.5, 0.6) is 0 Å². The quantitative estimate of drug-likeness (QED) is 0.647. The maximum atomic E-state index is 12.2. The number of rotatable bonds is 6. The van der Waals surface area contributed by atoms with Gasteiger partial charge in [0.25, 0.3) is 15.0 Å². The summed E-state index contributed by atoms with van der Waals surface area (Å²) in [6.45, 7) is 2.63. The van der Waals surface area contributed by atoms with Crippen molar-refractivity contribution in [2.24, 2.45) is 0 Å². The first kappa shape index (κ1) is 15.4. The third-order valence-electron chi connectivity index (χ3n) is 3.62. The number of nitrogens with one attached hydrogen (secondary N) is 1. The van der Waals surface area contributed by atoms with E-state index in [-0.39, 0.29) is 16.8 Å². The summed E-state index contributed by atoms with van der Waals surface area (Å²) >= 11 is 0. The fourth-order valence-corrected chi connectivity index (χ4v) is 2.95. The highest BCUT2D eigenvalue weighted by atomic mass is 35.7. The molecule has 1 N–H and O–H groups in total. The van der Waals surface area contributed by atoms with Crippen molar-refractivity contribution in [3.63, 3.8) is 0 Å². The molecule has 7 heteroatoms. The smallest absolute Gasteiger partial charge is 0.267 e. The average molecular weight is 319 g/mol. The molecule has 2 rings (SSSR count). The molecule has 0 saturated heterocycles. The van der Waals surface area contributed by atoms with Crippen LogP contribution in [-0.4, -0.2) is 25.4 Å². The van der Waals surface area contributed by atoms with Gasteiger partial charge in [-0.3, -0.25) is 4.79 Å². The SMILES string of the molecule is CCCCNC(=O)c1cc(S(=O)(=O)Cl)cn1C1CCC1. The normalized spacial score (nSPS) is 15.9. The van der Waals surface area contributed by atoms with Gasteiger partial charge in [-0.25, -0.2) is 8.42 Å². The molecular formula is C13H19ClN2O3S. The van der Waals surface area contributed by atoms with Crippen molar-refractivity contribution in [1.82, 2.24) is 9.88 Å². The highest BCUT2D eigenvalue weighted by Crippen LogP contribution is 2.34. The maximum Gasteiger partial charge on any atom is 0.267 e. The minimum absolute atomic E-state index is 0.00768. The maximum absolute atomic E-state index is 12.2. The molecule has 0 aliphatic heterocycles. The summed E-state index contributed by atoms with van der Waals surface area (Å²) in [7, 11) is 1.56. The Hall–Kier alpha value is -1.01. The van der Waals surface area contributed by atoms with Crippen molar-refractivity contribution in [3.8, 4) is 0 Å². The molecule has 5 nitrogen and oxygen atoms in total. The number of amides is 1. The summed E-state index contributed by atoms with van der Waals surface area (Å²) in [4.78, 5) is 12.1. The van der Waals surface area contributed by atoms with Crippen LogP contribution in [0, 0.1) is 0 Å². The molecule has 1 fully saturated rings. The molecule has 0 atom stereocenters. The molecule has 1 aliphatic carbocycles. The molecule has 0 spiro atoms. The Morgan fingerprint density at radius 2 is 2.20 bits per heavy atom. The van der Waals surface area contributed by atoms with Gasteiger partial charge in [0.15, 0.2) is 0 Å². The van der Waals surface area contributed by atoms with Crippen LogP contribution in [0.4, 0.5) is 0 Å². The van der Waals surface area contributed by atoms with E-state index in [1.165, 1.54) is 12.3 Å². The van der Waals surface area contributed by atoms with E-state index in [1.807, 2.05) is 6.92 Å². The van der Waals surface area contributed by atoms with Crippen LogP contribution in [0.25, 0.3) is 0 Å². The third-order valence-corrected chi connectivity index (χ3v) is 4.94. The lowest BCUT2D eigenvalue weighted by Crippen LogP contribution is -2.29. The molecule has 0 radical (unpaired) electrons. The zero-order valence-corrected chi connectivity index (χ0v) is 13.0. The van der Waals surface area contributed by atoms with E-state index in [9.17, 15) is 13.2 Å². The first-order valence-corrected chi connectivity index (χ1v) is 9.19. The van der Waals surface area contributed by atoms with Crippen molar-refractivity contribution >= 4 is 25.6 Å². The van der Waals surface area contributed by atoms with Gasteiger partial charge >= 0.3 is 0 Å². The molecule has 1 amide bonds. The van der Waals surface area contributed by atoms with Crippen molar-refractivity contribution in [2.75, 3.05) is 6.54 Å². The van der Waals surface area contributed by atoms with Gasteiger partial charge in [0.1, 0.15) is 10.6 Å². The zero-order valence-electron chi connectivity index (χ0n) is 11.4. The van der Waals surface area contributed by atoms with Crippen molar-refractivity contribution < 1.29 is 13.2 Å². The molecule has 1 saturated carbocycles. The number of halogens is 1. The van der Waals surface area contributed by atoms with Gasteiger partial charge in [-0.15, -0.1) is 0 Å². The Labute approximate surface area is 123 Å². The van der Waals surface area contributed by atoms with Crippen LogP contribution in [0.15, 0.2) is 17.2 Å².